The first kappa shape index (κ1) is 22.1. The Kier molecular flexibility index (Phi) is 9.64. The maximum Gasteiger partial charge on any atom is 1.00 e. The summed E-state index contributed by atoms with van der Waals surface area (Å²) in [4.78, 5) is 22.4. The summed E-state index contributed by atoms with van der Waals surface area (Å²) in [5.74, 6) is -2.98. The fourth-order valence-electron chi connectivity index (χ4n) is 1.81. The van der Waals surface area contributed by atoms with E-state index >= 15 is 0 Å². The molecule has 0 aliphatic carbocycles. The van der Waals surface area contributed by atoms with Gasteiger partial charge in [-0.15, -0.1) is 0 Å². The van der Waals surface area contributed by atoms with Crippen LogP contribution in [0.15, 0.2) is 24.3 Å². The molecule has 1 N–H and O–H groups in total. The van der Waals surface area contributed by atoms with E-state index in [2.05, 4.69) is 0 Å². The van der Waals surface area contributed by atoms with E-state index in [1.165, 1.54) is 6.07 Å². The number of carboxylic acid groups (broad SMARTS) is 1. The van der Waals surface area contributed by atoms with Gasteiger partial charge in [0.1, 0.15) is 5.75 Å². The van der Waals surface area contributed by atoms with Crippen LogP contribution in [-0.2, 0) is 26.1 Å². The topological polar surface area (TPSA) is 121 Å². The molecule has 1 atom stereocenters. The van der Waals surface area contributed by atoms with Crippen molar-refractivity contribution in [2.75, 3.05) is 0 Å². The van der Waals surface area contributed by atoms with Crippen molar-refractivity contribution in [3.05, 3.63) is 29.8 Å². The zero-order valence-electron chi connectivity index (χ0n) is 13.0. The number of carbonyl (C=O) groups excluding carboxylic acids is 2. The second-order valence-electron chi connectivity index (χ2n) is 4.71. The maximum atomic E-state index is 11.9. The van der Waals surface area contributed by atoms with Gasteiger partial charge in [-0.25, -0.2) is 0 Å². The third kappa shape index (κ3) is 7.45. The van der Waals surface area contributed by atoms with Crippen LogP contribution in [0.2, 0.25) is 0 Å². The SMILES string of the molecule is CCCCc1ccccc1OC(=O)C(CC(=O)[O-])S(=O)(=O)O.[Na+]. The van der Waals surface area contributed by atoms with Gasteiger partial charge in [-0.1, -0.05) is 31.5 Å². The van der Waals surface area contributed by atoms with E-state index in [9.17, 15) is 23.1 Å². The minimum atomic E-state index is -4.90. The first-order valence-corrected chi connectivity index (χ1v) is 8.21. The van der Waals surface area contributed by atoms with Crippen molar-refractivity contribution >= 4 is 22.1 Å². The van der Waals surface area contributed by atoms with Crippen molar-refractivity contribution < 1.29 is 62.0 Å². The van der Waals surface area contributed by atoms with Gasteiger partial charge in [0.15, 0.2) is 5.25 Å². The minimum Gasteiger partial charge on any atom is -0.550 e. The van der Waals surface area contributed by atoms with Crippen LogP contribution in [0.25, 0.3) is 0 Å². The van der Waals surface area contributed by atoms with Crippen LogP contribution in [0.3, 0.4) is 0 Å². The average Bonchev–Trinajstić information content (AvgIpc) is 2.42. The van der Waals surface area contributed by atoms with Gasteiger partial charge in [-0.05, 0) is 24.5 Å². The van der Waals surface area contributed by atoms with E-state index in [1.54, 1.807) is 18.2 Å². The van der Waals surface area contributed by atoms with Gasteiger partial charge in [-0.3, -0.25) is 9.35 Å². The van der Waals surface area contributed by atoms with Crippen molar-refractivity contribution in [2.24, 2.45) is 0 Å². The van der Waals surface area contributed by atoms with E-state index in [1.807, 2.05) is 6.92 Å². The Morgan fingerprint density at radius 1 is 1.30 bits per heavy atom. The molecule has 0 fully saturated rings. The predicted molar refractivity (Wildman–Crippen MR) is 75.6 cm³/mol. The van der Waals surface area contributed by atoms with Gasteiger partial charge < -0.3 is 14.6 Å². The molecular weight excluding hydrogens is 335 g/mol. The maximum absolute atomic E-state index is 11.9. The number of aryl methyl sites for hydroxylation is 1. The summed E-state index contributed by atoms with van der Waals surface area (Å²) in [6, 6.07) is 6.53. The number of hydrogen-bond acceptors (Lipinski definition) is 6. The van der Waals surface area contributed by atoms with E-state index in [4.69, 9.17) is 9.29 Å². The van der Waals surface area contributed by atoms with Crippen LogP contribution in [0.5, 0.6) is 5.75 Å². The fraction of sp³-hybridized carbons (Fsp3) is 0.429. The molecule has 0 saturated heterocycles. The summed E-state index contributed by atoms with van der Waals surface area (Å²) in [5.41, 5.74) is 0.695. The fourth-order valence-corrected chi connectivity index (χ4v) is 2.45. The molecule has 0 heterocycles. The van der Waals surface area contributed by atoms with Crippen LogP contribution >= 0.6 is 0 Å². The normalized spacial score (nSPS) is 12.1. The summed E-state index contributed by atoms with van der Waals surface area (Å²) in [6.07, 6.45) is 1.21. The Labute approximate surface area is 157 Å². The smallest absolute Gasteiger partial charge is 0.550 e. The second kappa shape index (κ2) is 10.0. The van der Waals surface area contributed by atoms with Crippen molar-refractivity contribution in [1.29, 1.82) is 0 Å². The summed E-state index contributed by atoms with van der Waals surface area (Å²) in [5, 5.41) is 8.32. The number of ether oxygens (including phenoxy) is 1. The number of rotatable bonds is 8. The Bertz CT molecular complexity index is 642. The monoisotopic (exact) mass is 352 g/mol. The first-order chi connectivity index (χ1) is 10.3. The molecule has 0 bridgehead atoms. The molecule has 7 nitrogen and oxygen atoms in total. The van der Waals surface area contributed by atoms with Gasteiger partial charge in [-0.2, -0.15) is 8.42 Å². The molecule has 9 heteroatoms. The van der Waals surface area contributed by atoms with Crippen molar-refractivity contribution in [3.8, 4) is 5.75 Å². The summed E-state index contributed by atoms with van der Waals surface area (Å²) >= 11 is 0. The molecular formula is C14H17NaO7S. The Morgan fingerprint density at radius 3 is 2.43 bits per heavy atom. The van der Waals surface area contributed by atoms with Gasteiger partial charge >= 0.3 is 35.5 Å². The van der Waals surface area contributed by atoms with Crippen molar-refractivity contribution in [1.82, 2.24) is 0 Å². The molecule has 1 aromatic carbocycles. The Balaban J connectivity index is 0.00000484. The molecule has 23 heavy (non-hydrogen) atoms. The van der Waals surface area contributed by atoms with Crippen LogP contribution in [0.1, 0.15) is 31.7 Å². The number of hydrogen-bond donors (Lipinski definition) is 1. The number of para-hydroxylation sites is 1. The van der Waals surface area contributed by atoms with Crippen LogP contribution < -0.4 is 39.4 Å². The number of unbranched alkanes of at least 4 members (excludes halogenated alkanes) is 1. The zero-order valence-corrected chi connectivity index (χ0v) is 15.8. The van der Waals surface area contributed by atoms with Crippen molar-refractivity contribution in [3.63, 3.8) is 0 Å². The molecule has 0 aliphatic rings. The molecule has 0 aromatic heterocycles. The number of esters is 1. The average molecular weight is 352 g/mol. The number of aliphatic carboxylic acids is 1. The molecule has 0 spiro atoms. The van der Waals surface area contributed by atoms with Gasteiger partial charge in [0.2, 0.25) is 0 Å². The standard InChI is InChI=1S/C14H18O7S.Na/c1-2-3-6-10-7-4-5-8-11(10)21-14(17)12(9-13(15)16)22(18,19)20;/h4-5,7-8,12H,2-3,6,9H2,1H3,(H,15,16)(H,18,19,20);/q;+1/p-1. The minimum absolute atomic E-state index is 0. The van der Waals surface area contributed by atoms with E-state index in [0.29, 0.717) is 12.0 Å². The van der Waals surface area contributed by atoms with Crippen LogP contribution in [0, 0.1) is 0 Å². The first-order valence-electron chi connectivity index (χ1n) is 6.71. The number of carbonyl (C=O) groups is 2. The van der Waals surface area contributed by atoms with Gasteiger partial charge in [0.25, 0.3) is 10.1 Å². The molecule has 1 rings (SSSR count). The number of carboxylic acids is 1. The van der Waals surface area contributed by atoms with E-state index in [0.717, 1.165) is 12.8 Å². The third-order valence-electron chi connectivity index (χ3n) is 2.96. The quantitative estimate of drug-likeness (QED) is 0.234. The zero-order chi connectivity index (χ0) is 16.8. The van der Waals surface area contributed by atoms with Gasteiger partial charge in [0, 0.05) is 12.4 Å². The van der Waals surface area contributed by atoms with Crippen LogP contribution in [0.4, 0.5) is 0 Å². The Hall–Kier alpha value is -0.930. The summed E-state index contributed by atoms with van der Waals surface area (Å²) < 4.78 is 36.2. The Morgan fingerprint density at radius 2 is 1.91 bits per heavy atom. The molecule has 0 amide bonds. The second-order valence-corrected chi connectivity index (χ2v) is 6.31. The molecule has 0 aliphatic heterocycles. The third-order valence-corrected chi connectivity index (χ3v) is 4.04. The number of benzene rings is 1. The molecule has 0 saturated carbocycles. The van der Waals surface area contributed by atoms with Gasteiger partial charge in [0.05, 0.1) is 0 Å². The molecule has 1 aromatic rings. The van der Waals surface area contributed by atoms with E-state index < -0.39 is 33.7 Å². The summed E-state index contributed by atoms with van der Waals surface area (Å²) in [7, 11) is -4.90. The molecule has 122 valence electrons. The van der Waals surface area contributed by atoms with Crippen LogP contribution in [-0.4, -0.2) is 30.2 Å². The summed E-state index contributed by atoms with van der Waals surface area (Å²) in [6.45, 7) is 1.99. The predicted octanol–water partition coefficient (Wildman–Crippen LogP) is -2.66. The van der Waals surface area contributed by atoms with E-state index in [-0.39, 0.29) is 35.3 Å². The molecule has 1 unspecified atom stereocenters. The van der Waals surface area contributed by atoms with Crippen molar-refractivity contribution in [2.45, 2.75) is 37.9 Å². The molecule has 0 radical (unpaired) electrons. The largest absolute Gasteiger partial charge is 1.00 e.